The second-order valence-corrected chi connectivity index (χ2v) is 5.54. The molecule has 0 fully saturated rings. The van der Waals surface area contributed by atoms with Crippen LogP contribution in [0.3, 0.4) is 0 Å². The number of anilines is 1. The minimum atomic E-state index is -0.751. The first-order chi connectivity index (χ1) is 11.3. The molecule has 0 aliphatic heterocycles. The van der Waals surface area contributed by atoms with E-state index in [4.69, 9.17) is 4.52 Å². The highest BCUT2D eigenvalue weighted by Gasteiger charge is 2.25. The maximum atomic E-state index is 11.9. The number of ether oxygens (including phenoxy) is 1. The van der Waals surface area contributed by atoms with Crippen LogP contribution in [0, 0.1) is 30.9 Å². The minimum absolute atomic E-state index is 0.0871. The van der Waals surface area contributed by atoms with Gasteiger partial charge in [0.25, 0.3) is 5.69 Å². The Morgan fingerprint density at radius 3 is 2.54 bits per heavy atom. The summed E-state index contributed by atoms with van der Waals surface area (Å²) in [5.74, 6) is -0.0576. The van der Waals surface area contributed by atoms with Gasteiger partial charge in [-0.15, -0.1) is 0 Å². The van der Waals surface area contributed by atoms with Gasteiger partial charge in [-0.2, -0.15) is 0 Å². The number of nitrogens with zero attached hydrogens (tertiary/aromatic N) is 2. The van der Waals surface area contributed by atoms with Crippen LogP contribution in [0.2, 0.25) is 0 Å². The molecule has 0 aliphatic rings. The molecule has 8 heteroatoms. The SMILES string of the molecule is COC(=O)c1cc(NC(C)c2c(C)noc2C)cc(C)c1[N+](=O)[O-]. The molecule has 8 nitrogen and oxygen atoms in total. The summed E-state index contributed by atoms with van der Waals surface area (Å²) >= 11 is 0. The van der Waals surface area contributed by atoms with Crippen LogP contribution < -0.4 is 5.32 Å². The predicted octanol–water partition coefficient (Wildman–Crippen LogP) is 3.47. The first-order valence-electron chi connectivity index (χ1n) is 7.32. The summed E-state index contributed by atoms with van der Waals surface area (Å²) in [4.78, 5) is 22.5. The van der Waals surface area contributed by atoms with Gasteiger partial charge >= 0.3 is 5.97 Å². The smallest absolute Gasteiger partial charge is 0.344 e. The van der Waals surface area contributed by atoms with Crippen molar-refractivity contribution in [3.8, 4) is 0 Å². The third-order valence-electron chi connectivity index (χ3n) is 3.79. The van der Waals surface area contributed by atoms with Crippen LogP contribution in [0.5, 0.6) is 0 Å². The molecule has 2 aromatic rings. The van der Waals surface area contributed by atoms with E-state index in [0.29, 0.717) is 17.0 Å². The van der Waals surface area contributed by atoms with Crippen LogP contribution in [0.25, 0.3) is 0 Å². The lowest BCUT2D eigenvalue weighted by Gasteiger charge is -2.16. The monoisotopic (exact) mass is 333 g/mol. The molecule has 0 aliphatic carbocycles. The van der Waals surface area contributed by atoms with Crippen molar-refractivity contribution in [2.75, 3.05) is 12.4 Å². The van der Waals surface area contributed by atoms with Gasteiger partial charge in [-0.3, -0.25) is 10.1 Å². The largest absolute Gasteiger partial charge is 0.465 e. The predicted molar refractivity (Wildman–Crippen MR) is 87.2 cm³/mol. The van der Waals surface area contributed by atoms with Gasteiger partial charge in [0.15, 0.2) is 0 Å². The Kier molecular flexibility index (Phi) is 4.87. The van der Waals surface area contributed by atoms with E-state index < -0.39 is 10.9 Å². The number of hydrogen-bond acceptors (Lipinski definition) is 7. The molecular weight excluding hydrogens is 314 g/mol. The van der Waals surface area contributed by atoms with Crippen LogP contribution in [0.1, 0.15) is 45.9 Å². The van der Waals surface area contributed by atoms with E-state index in [0.717, 1.165) is 11.3 Å². The number of aromatic nitrogens is 1. The highest BCUT2D eigenvalue weighted by atomic mass is 16.6. The van der Waals surface area contributed by atoms with Crippen LogP contribution >= 0.6 is 0 Å². The average molecular weight is 333 g/mol. The standard InChI is InChI=1S/C16H19N3O5/c1-8-6-12(7-13(16(20)23-5)15(8)19(21)22)17-9(2)14-10(3)18-24-11(14)4/h6-7,9,17H,1-5H3. The summed E-state index contributed by atoms with van der Waals surface area (Å²) in [5, 5.41) is 18.4. The van der Waals surface area contributed by atoms with E-state index in [-0.39, 0.29) is 17.3 Å². The van der Waals surface area contributed by atoms with Crippen molar-refractivity contribution < 1.29 is 19.0 Å². The van der Waals surface area contributed by atoms with Crippen molar-refractivity contribution in [1.82, 2.24) is 5.16 Å². The minimum Gasteiger partial charge on any atom is -0.465 e. The number of nitro benzene ring substituents is 1. The number of aryl methyl sites for hydroxylation is 3. The number of carbonyl (C=O) groups excluding carboxylic acids is 1. The van der Waals surface area contributed by atoms with Crippen molar-refractivity contribution in [2.24, 2.45) is 0 Å². The first-order valence-corrected chi connectivity index (χ1v) is 7.32. The van der Waals surface area contributed by atoms with Crippen molar-refractivity contribution in [1.29, 1.82) is 0 Å². The van der Waals surface area contributed by atoms with Crippen LogP contribution in [0.15, 0.2) is 16.7 Å². The van der Waals surface area contributed by atoms with Gasteiger partial charge in [0.1, 0.15) is 11.3 Å². The fraction of sp³-hybridized carbons (Fsp3) is 0.375. The maximum absolute atomic E-state index is 11.9. The van der Waals surface area contributed by atoms with E-state index in [9.17, 15) is 14.9 Å². The van der Waals surface area contributed by atoms with Crippen molar-refractivity contribution >= 4 is 17.3 Å². The lowest BCUT2D eigenvalue weighted by Crippen LogP contribution is -2.12. The lowest BCUT2D eigenvalue weighted by molar-refractivity contribution is -0.385. The van der Waals surface area contributed by atoms with Gasteiger partial charge in [0.05, 0.1) is 23.8 Å². The number of nitrogens with one attached hydrogen (secondary N) is 1. The molecule has 0 spiro atoms. The van der Waals surface area contributed by atoms with Gasteiger partial charge in [0.2, 0.25) is 0 Å². The molecule has 24 heavy (non-hydrogen) atoms. The van der Waals surface area contributed by atoms with Crippen LogP contribution in [-0.2, 0) is 4.74 Å². The second-order valence-electron chi connectivity index (χ2n) is 5.54. The van der Waals surface area contributed by atoms with E-state index in [2.05, 4.69) is 15.2 Å². The zero-order chi connectivity index (χ0) is 18.0. The first kappa shape index (κ1) is 17.5. The number of rotatable bonds is 5. The van der Waals surface area contributed by atoms with Crippen LogP contribution in [-0.4, -0.2) is 23.2 Å². The Labute approximate surface area is 138 Å². The lowest BCUT2D eigenvalue weighted by atomic mass is 10.0. The normalized spacial score (nSPS) is 11.9. The fourth-order valence-corrected chi connectivity index (χ4v) is 2.80. The summed E-state index contributed by atoms with van der Waals surface area (Å²) in [7, 11) is 1.19. The molecule has 0 amide bonds. The molecule has 1 aromatic carbocycles. The summed E-state index contributed by atoms with van der Waals surface area (Å²) in [6.07, 6.45) is 0. The van der Waals surface area contributed by atoms with Gasteiger partial charge in [0, 0.05) is 16.8 Å². The molecule has 0 bridgehead atoms. The third-order valence-corrected chi connectivity index (χ3v) is 3.79. The third kappa shape index (κ3) is 3.22. The Morgan fingerprint density at radius 2 is 2.04 bits per heavy atom. The van der Waals surface area contributed by atoms with Crippen molar-refractivity contribution in [3.05, 3.63) is 50.4 Å². The molecule has 1 unspecified atom stereocenters. The average Bonchev–Trinajstić information content (AvgIpc) is 2.84. The van der Waals surface area contributed by atoms with E-state index in [1.807, 2.05) is 20.8 Å². The molecular formula is C16H19N3O5. The molecule has 0 radical (unpaired) electrons. The zero-order valence-electron chi connectivity index (χ0n) is 14.2. The molecule has 0 saturated carbocycles. The number of nitro groups is 1. The maximum Gasteiger partial charge on any atom is 0.344 e. The molecule has 2 rings (SSSR count). The second kappa shape index (κ2) is 6.69. The Bertz CT molecular complexity index is 778. The van der Waals surface area contributed by atoms with Crippen molar-refractivity contribution in [2.45, 2.75) is 33.7 Å². The van der Waals surface area contributed by atoms with E-state index in [1.165, 1.54) is 13.2 Å². The summed E-state index contributed by atoms with van der Waals surface area (Å²) in [5.41, 5.74) is 2.28. The molecule has 1 N–H and O–H groups in total. The summed E-state index contributed by atoms with van der Waals surface area (Å²) in [6, 6.07) is 2.90. The van der Waals surface area contributed by atoms with E-state index in [1.54, 1.807) is 13.0 Å². The number of methoxy groups -OCH3 is 1. The number of esters is 1. The summed E-state index contributed by atoms with van der Waals surface area (Å²) in [6.45, 7) is 7.15. The van der Waals surface area contributed by atoms with Crippen molar-refractivity contribution in [3.63, 3.8) is 0 Å². The number of hydrogen-bond donors (Lipinski definition) is 1. The van der Waals surface area contributed by atoms with Gasteiger partial charge in [-0.1, -0.05) is 5.16 Å². The Hall–Kier alpha value is -2.90. The van der Waals surface area contributed by atoms with E-state index >= 15 is 0 Å². The zero-order valence-corrected chi connectivity index (χ0v) is 14.2. The molecule has 0 saturated heterocycles. The highest BCUT2D eigenvalue weighted by Crippen LogP contribution is 2.31. The quantitative estimate of drug-likeness (QED) is 0.507. The molecule has 128 valence electrons. The van der Waals surface area contributed by atoms with Gasteiger partial charge in [-0.05, 0) is 39.8 Å². The summed E-state index contributed by atoms with van der Waals surface area (Å²) < 4.78 is 9.81. The number of benzene rings is 1. The van der Waals surface area contributed by atoms with Gasteiger partial charge in [-0.25, -0.2) is 4.79 Å². The highest BCUT2D eigenvalue weighted by molar-refractivity contribution is 5.95. The molecule has 1 atom stereocenters. The van der Waals surface area contributed by atoms with Crippen LogP contribution in [0.4, 0.5) is 11.4 Å². The molecule has 1 aromatic heterocycles. The Morgan fingerprint density at radius 1 is 1.38 bits per heavy atom. The van der Waals surface area contributed by atoms with Gasteiger partial charge < -0.3 is 14.6 Å². The number of carbonyl (C=O) groups is 1. The fourth-order valence-electron chi connectivity index (χ4n) is 2.80. The Balaban J connectivity index is 2.43. The molecule has 1 heterocycles. The topological polar surface area (TPSA) is 108 Å².